The predicted octanol–water partition coefficient (Wildman–Crippen LogP) is 5.58. The Morgan fingerprint density at radius 1 is 1.10 bits per heavy atom. The summed E-state index contributed by atoms with van der Waals surface area (Å²) in [5.74, 6) is 6.15. The van der Waals surface area contributed by atoms with Crippen molar-refractivity contribution in [2.45, 2.75) is 84.5 Å². The van der Waals surface area contributed by atoms with Gasteiger partial charge >= 0.3 is 5.97 Å². The quantitative estimate of drug-likeness (QED) is 0.377. The number of unbranched alkanes of at least 4 members (excludes halogenated alkanes) is 7. The molecule has 0 saturated heterocycles. The molecule has 21 heavy (non-hydrogen) atoms. The second kappa shape index (κ2) is 15.2. The van der Waals surface area contributed by atoms with E-state index in [0.29, 0.717) is 12.3 Å². The SMILES string of the molecule is CCCCCC/C=C/C#CC(C)CCCCCCC(=O)O. The topological polar surface area (TPSA) is 37.3 Å². The molecule has 0 aromatic carbocycles. The summed E-state index contributed by atoms with van der Waals surface area (Å²) in [5.41, 5.74) is 0. The number of hydrogen-bond acceptors (Lipinski definition) is 1. The van der Waals surface area contributed by atoms with Crippen molar-refractivity contribution >= 4 is 5.97 Å². The van der Waals surface area contributed by atoms with Crippen molar-refractivity contribution in [1.82, 2.24) is 0 Å². The molecule has 2 nitrogen and oxygen atoms in total. The number of aliphatic carboxylic acids is 1. The second-order valence-corrected chi connectivity index (χ2v) is 5.79. The number of carboxylic acids is 1. The largest absolute Gasteiger partial charge is 0.481 e. The van der Waals surface area contributed by atoms with Crippen molar-refractivity contribution in [3.05, 3.63) is 12.2 Å². The first-order chi connectivity index (χ1) is 10.2. The molecule has 120 valence electrons. The number of carboxylic acid groups (broad SMARTS) is 1. The monoisotopic (exact) mass is 292 g/mol. The summed E-state index contributed by atoms with van der Waals surface area (Å²) in [6.45, 7) is 4.40. The van der Waals surface area contributed by atoms with Crippen LogP contribution in [0.15, 0.2) is 12.2 Å². The molecule has 0 bridgehead atoms. The van der Waals surface area contributed by atoms with Crippen LogP contribution >= 0.6 is 0 Å². The van der Waals surface area contributed by atoms with Gasteiger partial charge in [0.2, 0.25) is 0 Å². The van der Waals surface area contributed by atoms with Crippen LogP contribution in [0.2, 0.25) is 0 Å². The van der Waals surface area contributed by atoms with E-state index in [9.17, 15) is 4.79 Å². The minimum atomic E-state index is -0.685. The van der Waals surface area contributed by atoms with Gasteiger partial charge in [-0.1, -0.05) is 70.3 Å². The molecule has 1 unspecified atom stereocenters. The van der Waals surface area contributed by atoms with Gasteiger partial charge in [0.05, 0.1) is 0 Å². The highest BCUT2D eigenvalue weighted by molar-refractivity contribution is 5.66. The molecule has 0 aromatic rings. The van der Waals surface area contributed by atoms with Crippen LogP contribution in [0.1, 0.15) is 84.5 Å². The Bertz CT molecular complexity index is 333. The molecule has 0 radical (unpaired) electrons. The zero-order valence-electron chi connectivity index (χ0n) is 13.9. The van der Waals surface area contributed by atoms with Crippen LogP contribution in [-0.2, 0) is 4.79 Å². The smallest absolute Gasteiger partial charge is 0.303 e. The van der Waals surface area contributed by atoms with Crippen LogP contribution in [0.25, 0.3) is 0 Å². The van der Waals surface area contributed by atoms with Crippen LogP contribution in [-0.4, -0.2) is 11.1 Å². The Balaban J connectivity index is 3.48. The second-order valence-electron chi connectivity index (χ2n) is 5.79. The van der Waals surface area contributed by atoms with Crippen molar-refractivity contribution in [1.29, 1.82) is 0 Å². The van der Waals surface area contributed by atoms with E-state index in [4.69, 9.17) is 5.11 Å². The fraction of sp³-hybridized carbons (Fsp3) is 0.737. The fourth-order valence-corrected chi connectivity index (χ4v) is 2.17. The highest BCUT2D eigenvalue weighted by Crippen LogP contribution is 2.10. The van der Waals surface area contributed by atoms with Gasteiger partial charge in [0.15, 0.2) is 0 Å². The molecule has 0 aliphatic heterocycles. The summed E-state index contributed by atoms with van der Waals surface area (Å²) < 4.78 is 0. The molecule has 2 heteroatoms. The average molecular weight is 292 g/mol. The van der Waals surface area contributed by atoms with Crippen molar-refractivity contribution in [3.63, 3.8) is 0 Å². The Morgan fingerprint density at radius 2 is 1.81 bits per heavy atom. The molecule has 1 N–H and O–H groups in total. The third-order valence-electron chi connectivity index (χ3n) is 3.53. The summed E-state index contributed by atoms with van der Waals surface area (Å²) >= 11 is 0. The van der Waals surface area contributed by atoms with E-state index in [2.05, 4.69) is 31.8 Å². The molecule has 0 aliphatic rings. The first-order valence-corrected chi connectivity index (χ1v) is 8.54. The Hall–Kier alpha value is -1.23. The van der Waals surface area contributed by atoms with E-state index in [1.165, 1.54) is 25.7 Å². The summed E-state index contributed by atoms with van der Waals surface area (Å²) in [6.07, 6.45) is 16.1. The van der Waals surface area contributed by atoms with Crippen molar-refractivity contribution in [2.75, 3.05) is 0 Å². The van der Waals surface area contributed by atoms with Gasteiger partial charge in [-0.15, -0.1) is 0 Å². The summed E-state index contributed by atoms with van der Waals surface area (Å²) in [7, 11) is 0. The van der Waals surface area contributed by atoms with E-state index >= 15 is 0 Å². The van der Waals surface area contributed by atoms with Crippen molar-refractivity contribution < 1.29 is 9.90 Å². The fourth-order valence-electron chi connectivity index (χ4n) is 2.17. The van der Waals surface area contributed by atoms with E-state index in [1.807, 2.05) is 6.08 Å². The van der Waals surface area contributed by atoms with Crippen LogP contribution in [0.3, 0.4) is 0 Å². The molecule has 0 saturated carbocycles. The Kier molecular flexibility index (Phi) is 14.3. The highest BCUT2D eigenvalue weighted by atomic mass is 16.4. The molecule has 0 rings (SSSR count). The highest BCUT2D eigenvalue weighted by Gasteiger charge is 1.99. The average Bonchev–Trinajstić information content (AvgIpc) is 2.45. The van der Waals surface area contributed by atoms with Crippen LogP contribution in [0.5, 0.6) is 0 Å². The number of hydrogen-bond donors (Lipinski definition) is 1. The molecule has 0 aliphatic carbocycles. The zero-order valence-corrected chi connectivity index (χ0v) is 13.9. The van der Waals surface area contributed by atoms with E-state index < -0.39 is 5.97 Å². The lowest BCUT2D eigenvalue weighted by atomic mass is 10.0. The Labute approximate surface area is 131 Å². The Morgan fingerprint density at radius 3 is 2.52 bits per heavy atom. The van der Waals surface area contributed by atoms with Gasteiger partial charge in [0.25, 0.3) is 0 Å². The number of rotatable bonds is 12. The van der Waals surface area contributed by atoms with E-state index in [0.717, 1.165) is 38.5 Å². The molecule has 0 spiro atoms. The minimum absolute atomic E-state index is 0.304. The molecular formula is C19H32O2. The van der Waals surface area contributed by atoms with Gasteiger partial charge in [-0.3, -0.25) is 4.79 Å². The lowest BCUT2D eigenvalue weighted by molar-refractivity contribution is -0.137. The molecule has 0 fully saturated rings. The van der Waals surface area contributed by atoms with Gasteiger partial charge in [-0.05, 0) is 31.8 Å². The molecular weight excluding hydrogens is 260 g/mol. The third kappa shape index (κ3) is 16.7. The van der Waals surface area contributed by atoms with Crippen LogP contribution in [0, 0.1) is 17.8 Å². The van der Waals surface area contributed by atoms with Crippen LogP contribution < -0.4 is 0 Å². The van der Waals surface area contributed by atoms with Gasteiger partial charge in [0.1, 0.15) is 0 Å². The maximum absolute atomic E-state index is 10.4. The molecule has 1 atom stereocenters. The van der Waals surface area contributed by atoms with Gasteiger partial charge in [0, 0.05) is 12.3 Å². The molecule has 0 heterocycles. The normalized spacial score (nSPS) is 12.1. The van der Waals surface area contributed by atoms with Gasteiger partial charge in [-0.2, -0.15) is 0 Å². The van der Waals surface area contributed by atoms with Gasteiger partial charge in [-0.25, -0.2) is 0 Å². The maximum Gasteiger partial charge on any atom is 0.303 e. The van der Waals surface area contributed by atoms with Crippen molar-refractivity contribution in [3.8, 4) is 11.8 Å². The molecule has 0 aromatic heterocycles. The lowest BCUT2D eigenvalue weighted by Gasteiger charge is -2.03. The predicted molar refractivity (Wildman–Crippen MR) is 90.2 cm³/mol. The summed E-state index contributed by atoms with van der Waals surface area (Å²) in [5, 5.41) is 8.53. The van der Waals surface area contributed by atoms with Crippen molar-refractivity contribution in [2.24, 2.45) is 5.92 Å². The summed E-state index contributed by atoms with van der Waals surface area (Å²) in [4.78, 5) is 10.4. The first-order valence-electron chi connectivity index (χ1n) is 8.54. The minimum Gasteiger partial charge on any atom is -0.481 e. The van der Waals surface area contributed by atoms with E-state index in [-0.39, 0.29) is 0 Å². The van der Waals surface area contributed by atoms with E-state index in [1.54, 1.807) is 0 Å². The summed E-state index contributed by atoms with van der Waals surface area (Å²) in [6, 6.07) is 0. The first kappa shape index (κ1) is 19.8. The number of carbonyl (C=O) groups is 1. The molecule has 0 amide bonds. The standard InChI is InChI=1S/C19H32O2/c1-3-4-5-6-7-8-9-12-15-18(2)16-13-10-11-14-17-19(20)21/h8-9,18H,3-7,10-11,13-14,16-17H2,1-2H3,(H,20,21)/b9-8+. The zero-order chi connectivity index (χ0) is 15.8. The maximum atomic E-state index is 10.4. The lowest BCUT2D eigenvalue weighted by Crippen LogP contribution is -1.94. The number of allylic oxidation sites excluding steroid dienone is 2. The van der Waals surface area contributed by atoms with Gasteiger partial charge < -0.3 is 5.11 Å². The third-order valence-corrected chi connectivity index (χ3v) is 3.53. The van der Waals surface area contributed by atoms with Crippen LogP contribution in [0.4, 0.5) is 0 Å².